The number of amides is 1. The van der Waals surface area contributed by atoms with Crippen molar-refractivity contribution >= 4 is 38.4 Å². The molecule has 0 bridgehead atoms. The predicted octanol–water partition coefficient (Wildman–Crippen LogP) is 3.21. The smallest absolute Gasteiger partial charge is 0.410 e. The molecule has 0 aliphatic carbocycles. The maximum Gasteiger partial charge on any atom is 0.410 e. The molecule has 25 heavy (non-hydrogen) atoms. The number of halogens is 2. The zero-order valence-corrected chi connectivity index (χ0v) is 16.2. The summed E-state index contributed by atoms with van der Waals surface area (Å²) < 4.78 is 28.6. The van der Waals surface area contributed by atoms with Crippen LogP contribution in [-0.4, -0.2) is 43.6 Å². The van der Waals surface area contributed by atoms with Crippen LogP contribution < -0.4 is 10.0 Å². The lowest BCUT2D eigenvalue weighted by atomic mass is 9.96. The molecular formula is C15H20BrFN4O3S. The molecule has 0 radical (unpaired) electrons. The van der Waals surface area contributed by atoms with Gasteiger partial charge in [0.15, 0.2) is 0 Å². The average molecular weight is 435 g/mol. The van der Waals surface area contributed by atoms with E-state index in [1.165, 1.54) is 12.1 Å². The highest BCUT2D eigenvalue weighted by atomic mass is 79.9. The van der Waals surface area contributed by atoms with Gasteiger partial charge in [-0.25, -0.2) is 14.2 Å². The Hall–Kier alpha value is -1.23. The van der Waals surface area contributed by atoms with E-state index in [0.717, 1.165) is 6.42 Å². The minimum absolute atomic E-state index is 0.0712. The Labute approximate surface area is 154 Å². The summed E-state index contributed by atoms with van der Waals surface area (Å²) in [4.78, 5) is 20.0. The van der Waals surface area contributed by atoms with E-state index in [2.05, 4.69) is 35.9 Å². The van der Waals surface area contributed by atoms with E-state index >= 15 is 0 Å². The van der Waals surface area contributed by atoms with Gasteiger partial charge in [0.05, 0.1) is 4.75 Å². The van der Waals surface area contributed by atoms with Gasteiger partial charge in [0, 0.05) is 12.3 Å². The molecule has 1 saturated heterocycles. The monoisotopic (exact) mass is 434 g/mol. The van der Waals surface area contributed by atoms with Crippen LogP contribution in [0.15, 0.2) is 21.7 Å². The molecule has 0 aromatic carbocycles. The molecule has 7 nitrogen and oxygen atoms in total. The van der Waals surface area contributed by atoms with E-state index in [-0.39, 0.29) is 17.3 Å². The summed E-state index contributed by atoms with van der Waals surface area (Å²) in [6, 6.07) is 2.76. The number of rotatable bonds is 1. The fraction of sp³-hybridized carbons (Fsp3) is 0.533. The highest BCUT2D eigenvalue weighted by Gasteiger charge is 2.56. The minimum Gasteiger partial charge on any atom is -0.465 e. The number of hydrogen-bond donors (Lipinski definition) is 4. The summed E-state index contributed by atoms with van der Waals surface area (Å²) in [7, 11) is -2.49. The molecule has 4 N–H and O–H groups in total. The zero-order valence-electron chi connectivity index (χ0n) is 13.8. The second-order valence-electron chi connectivity index (χ2n) is 6.70. The van der Waals surface area contributed by atoms with Gasteiger partial charge in [-0.1, -0.05) is 10.5 Å². The number of nitrogens with zero attached hydrogens (tertiary/aromatic N) is 2. The van der Waals surface area contributed by atoms with Crippen molar-refractivity contribution in [2.75, 3.05) is 12.3 Å². The van der Waals surface area contributed by atoms with Gasteiger partial charge >= 0.3 is 6.09 Å². The molecule has 2 aliphatic rings. The van der Waals surface area contributed by atoms with E-state index in [1.807, 2.05) is 0 Å². The molecular weight excluding hydrogens is 415 g/mol. The third-order valence-corrected chi connectivity index (χ3v) is 8.81. The second kappa shape index (κ2) is 6.19. The fourth-order valence-electron chi connectivity index (χ4n) is 3.47. The van der Waals surface area contributed by atoms with Gasteiger partial charge in [-0.15, -0.1) is 0 Å². The highest BCUT2D eigenvalue weighted by Crippen LogP contribution is 2.62. The van der Waals surface area contributed by atoms with Crippen molar-refractivity contribution in [1.82, 2.24) is 15.0 Å². The van der Waals surface area contributed by atoms with Crippen LogP contribution >= 0.6 is 26.4 Å². The Morgan fingerprint density at radius 1 is 1.48 bits per heavy atom. The first kappa shape index (κ1) is 18.6. The van der Waals surface area contributed by atoms with Crippen LogP contribution in [0.4, 0.5) is 9.18 Å². The topological polar surface area (TPSA) is 107 Å². The van der Waals surface area contributed by atoms with Crippen LogP contribution in [0, 0.1) is 5.82 Å². The maximum atomic E-state index is 14.5. The standard InChI is InChI=1S/C15H20BrFN4O3S/c1-14(11-9(17)4-5-10(16)19-11)8-25(24)15(2,6-3-7-18-25)12(21-14)20-13(22)23/h4-5,18,24H,3,6-8H2,1-2H3,(H,20,21)(H,22,23)/t14-,15+/m0/s1. The Morgan fingerprint density at radius 3 is 2.88 bits per heavy atom. The molecule has 0 saturated carbocycles. The molecule has 1 aromatic heterocycles. The van der Waals surface area contributed by atoms with Gasteiger partial charge in [-0.2, -0.15) is 0 Å². The number of aliphatic imine (C=N–C) groups is 1. The number of hydrogen-bond acceptors (Lipinski definition) is 5. The summed E-state index contributed by atoms with van der Waals surface area (Å²) in [5.74, 6) is -0.243. The minimum atomic E-state index is -2.49. The Balaban J connectivity index is 2.19. The summed E-state index contributed by atoms with van der Waals surface area (Å²) >= 11 is 3.23. The van der Waals surface area contributed by atoms with Gasteiger partial charge < -0.3 is 9.66 Å². The highest BCUT2D eigenvalue weighted by molar-refractivity contribution is 9.10. The van der Waals surface area contributed by atoms with E-state index < -0.39 is 32.7 Å². The molecule has 2 aliphatic heterocycles. The van der Waals surface area contributed by atoms with Crippen LogP contribution in [0.5, 0.6) is 0 Å². The van der Waals surface area contributed by atoms with Gasteiger partial charge in [-0.3, -0.25) is 15.0 Å². The van der Waals surface area contributed by atoms with Gasteiger partial charge in [0.1, 0.15) is 27.5 Å². The first-order valence-corrected chi connectivity index (χ1v) is 10.4. The molecule has 3 atom stereocenters. The Kier molecular flexibility index (Phi) is 4.59. The normalized spacial score (nSPS) is 37.4. The maximum absolute atomic E-state index is 14.5. The number of pyridine rings is 1. The number of carboxylic acid groups (broad SMARTS) is 1. The SMILES string of the molecule is C[C@@]1(c2nc(Br)ccc2F)CS2(O)NCCC[C@]2(C)C(NC(=O)O)=N1. The molecule has 138 valence electrons. The van der Waals surface area contributed by atoms with Crippen molar-refractivity contribution in [3.05, 3.63) is 28.2 Å². The van der Waals surface area contributed by atoms with E-state index in [4.69, 9.17) is 0 Å². The summed E-state index contributed by atoms with van der Waals surface area (Å²) in [5.41, 5.74) is -1.12. The number of carbonyl (C=O) groups is 1. The molecule has 3 rings (SSSR count). The van der Waals surface area contributed by atoms with Gasteiger partial charge in [0.25, 0.3) is 0 Å². The van der Waals surface area contributed by atoms with Crippen LogP contribution in [0.25, 0.3) is 0 Å². The zero-order chi connectivity index (χ0) is 18.5. The van der Waals surface area contributed by atoms with Crippen molar-refractivity contribution in [2.24, 2.45) is 4.99 Å². The number of aromatic nitrogens is 1. The summed E-state index contributed by atoms with van der Waals surface area (Å²) in [6.07, 6.45) is 0.112. The van der Waals surface area contributed by atoms with Crippen LogP contribution in [0.2, 0.25) is 0 Å². The molecule has 1 fully saturated rings. The molecule has 0 spiro atoms. The van der Waals surface area contributed by atoms with Crippen LogP contribution in [-0.2, 0) is 5.54 Å². The quantitative estimate of drug-likeness (QED) is 0.507. The lowest BCUT2D eigenvalue weighted by Crippen LogP contribution is -2.61. The lowest BCUT2D eigenvalue weighted by Gasteiger charge is -2.58. The average Bonchev–Trinajstić information content (AvgIpc) is 2.50. The van der Waals surface area contributed by atoms with E-state index in [0.29, 0.717) is 17.6 Å². The third kappa shape index (κ3) is 3.05. The van der Waals surface area contributed by atoms with Crippen molar-refractivity contribution in [1.29, 1.82) is 0 Å². The van der Waals surface area contributed by atoms with Crippen LogP contribution in [0.1, 0.15) is 32.4 Å². The van der Waals surface area contributed by atoms with E-state index in [9.17, 15) is 18.8 Å². The number of nitrogens with one attached hydrogen (secondary N) is 2. The van der Waals surface area contributed by atoms with Crippen LogP contribution in [0.3, 0.4) is 0 Å². The first-order valence-electron chi connectivity index (χ1n) is 7.80. The van der Waals surface area contributed by atoms with Crippen molar-refractivity contribution < 1.29 is 18.8 Å². The summed E-state index contributed by atoms with van der Waals surface area (Å²) in [6.45, 7) is 4.08. The predicted molar refractivity (Wildman–Crippen MR) is 98.6 cm³/mol. The lowest BCUT2D eigenvalue weighted by molar-refractivity contribution is 0.199. The second-order valence-corrected chi connectivity index (χ2v) is 10.4. The third-order valence-electron chi connectivity index (χ3n) is 4.81. The van der Waals surface area contributed by atoms with Gasteiger partial charge in [-0.05, 0) is 54.8 Å². The fourth-order valence-corrected chi connectivity index (χ4v) is 6.91. The van der Waals surface area contributed by atoms with Crippen molar-refractivity contribution in [3.63, 3.8) is 0 Å². The Morgan fingerprint density at radius 2 is 2.20 bits per heavy atom. The molecule has 10 heteroatoms. The van der Waals surface area contributed by atoms with Gasteiger partial charge in [0.2, 0.25) is 0 Å². The molecule has 1 unspecified atom stereocenters. The molecule has 1 amide bonds. The number of fused-ring (bicyclic) bond motifs is 1. The molecule has 3 heterocycles. The van der Waals surface area contributed by atoms with Crippen molar-refractivity contribution in [2.45, 2.75) is 37.0 Å². The van der Waals surface area contributed by atoms with Crippen molar-refractivity contribution in [3.8, 4) is 0 Å². The van der Waals surface area contributed by atoms with E-state index in [1.54, 1.807) is 13.8 Å². The molecule has 1 aromatic rings. The largest absolute Gasteiger partial charge is 0.465 e. The first-order chi connectivity index (χ1) is 11.6. The summed E-state index contributed by atoms with van der Waals surface area (Å²) in [5, 5.41) is 11.5. The number of amidine groups is 1. The Bertz CT molecular complexity index is 766.